The summed E-state index contributed by atoms with van der Waals surface area (Å²) >= 11 is 0. The molecule has 436 valence electrons. The highest BCUT2D eigenvalue weighted by molar-refractivity contribution is 5.94. The van der Waals surface area contributed by atoms with E-state index in [9.17, 15) is 75.7 Å². The van der Waals surface area contributed by atoms with Gasteiger partial charge in [-0.25, -0.2) is 9.59 Å². The second-order valence-corrected chi connectivity index (χ2v) is 25.8. The van der Waals surface area contributed by atoms with E-state index in [1.807, 2.05) is 6.92 Å². The number of aliphatic hydroxyl groups is 10. The summed E-state index contributed by atoms with van der Waals surface area (Å²) in [6.45, 7) is 16.2. The Hall–Kier alpha value is -2.95. The van der Waals surface area contributed by atoms with Crippen LogP contribution in [0.15, 0.2) is 23.2 Å². The van der Waals surface area contributed by atoms with Crippen LogP contribution in [0.4, 0.5) is 0 Å². The predicted molar refractivity (Wildman–Crippen MR) is 261 cm³/mol. The van der Waals surface area contributed by atoms with Crippen LogP contribution in [-0.2, 0) is 52.3 Å². The van der Waals surface area contributed by atoms with Crippen LogP contribution in [-0.4, -0.2) is 203 Å². The summed E-state index contributed by atoms with van der Waals surface area (Å²) < 4.78 is 48.3. The molecule has 7 fully saturated rings. The van der Waals surface area contributed by atoms with E-state index < -0.39 is 141 Å². The van der Waals surface area contributed by atoms with E-state index in [1.54, 1.807) is 6.92 Å². The maximum Gasteiger partial charge on any atom is 0.335 e. The molecule has 0 unspecified atom stereocenters. The quantitative estimate of drug-likeness (QED) is 0.0954. The van der Waals surface area contributed by atoms with Gasteiger partial charge in [0.05, 0.1) is 31.8 Å². The Morgan fingerprint density at radius 3 is 1.82 bits per heavy atom. The average molecular weight is 1100 g/mol. The van der Waals surface area contributed by atoms with Gasteiger partial charge in [-0.1, -0.05) is 60.1 Å². The predicted octanol–water partition coefficient (Wildman–Crippen LogP) is 0.899. The molecular weight excluding hydrogens is 1020 g/mol. The third kappa shape index (κ3) is 9.50. The molecule has 0 amide bonds. The molecule has 0 aromatic heterocycles. The molecule has 26 atom stereocenters. The Morgan fingerprint density at radius 2 is 1.25 bits per heavy atom. The molecule has 0 spiro atoms. The largest absolute Gasteiger partial charge is 0.502 e. The number of hydrogen-bond acceptors (Lipinski definition) is 21. The fourth-order valence-corrected chi connectivity index (χ4v) is 16.3. The third-order valence-corrected chi connectivity index (χ3v) is 21.0. The van der Waals surface area contributed by atoms with Gasteiger partial charge in [-0.2, -0.15) is 0 Å². The van der Waals surface area contributed by atoms with Crippen molar-refractivity contribution in [2.75, 3.05) is 13.2 Å². The van der Waals surface area contributed by atoms with Gasteiger partial charge in [0.15, 0.2) is 36.8 Å². The van der Waals surface area contributed by atoms with Crippen LogP contribution in [0.25, 0.3) is 0 Å². The summed E-state index contributed by atoms with van der Waals surface area (Å²) in [4.78, 5) is 37.6. The number of hydrogen-bond donors (Lipinski definition) is 12. The van der Waals surface area contributed by atoms with E-state index in [0.717, 1.165) is 38.5 Å². The lowest BCUT2D eigenvalue weighted by molar-refractivity contribution is -0.394. The molecule has 5 aliphatic carbocycles. The maximum atomic E-state index is 12.7. The smallest absolute Gasteiger partial charge is 0.335 e. The number of ether oxygens (including phenoxy) is 8. The van der Waals surface area contributed by atoms with Crippen LogP contribution in [0.2, 0.25) is 0 Å². The number of carboxylic acid groups (broad SMARTS) is 2. The minimum atomic E-state index is -2.23. The van der Waals surface area contributed by atoms with Crippen molar-refractivity contribution >= 4 is 17.7 Å². The third-order valence-electron chi connectivity index (χ3n) is 21.0. The zero-order valence-corrected chi connectivity index (χ0v) is 45.0. The second kappa shape index (κ2) is 20.8. The van der Waals surface area contributed by atoms with Crippen molar-refractivity contribution in [3.05, 3.63) is 23.2 Å². The molecule has 4 heterocycles. The number of carbonyl (C=O) groups is 3. The van der Waals surface area contributed by atoms with Gasteiger partial charge in [0.25, 0.3) is 0 Å². The summed E-state index contributed by atoms with van der Waals surface area (Å²) in [5.41, 5.74) is -0.811. The van der Waals surface area contributed by atoms with E-state index in [-0.39, 0.29) is 68.9 Å². The zero-order valence-electron chi connectivity index (χ0n) is 45.0. The van der Waals surface area contributed by atoms with Crippen molar-refractivity contribution in [1.29, 1.82) is 0 Å². The van der Waals surface area contributed by atoms with Crippen molar-refractivity contribution in [2.45, 2.75) is 230 Å². The van der Waals surface area contributed by atoms with Gasteiger partial charge in [-0.3, -0.25) is 4.79 Å². The van der Waals surface area contributed by atoms with Crippen LogP contribution in [0.5, 0.6) is 0 Å². The molecule has 12 N–H and O–H groups in total. The Bertz CT molecular complexity index is 2310. The number of aliphatic hydroxyl groups excluding tert-OH is 10. The average Bonchev–Trinajstić information content (AvgIpc) is 3.36. The highest BCUT2D eigenvalue weighted by Crippen LogP contribution is 2.76. The Kier molecular flexibility index (Phi) is 15.8. The van der Waals surface area contributed by atoms with Crippen LogP contribution >= 0.6 is 0 Å². The highest BCUT2D eigenvalue weighted by Gasteiger charge is 2.70. The molecule has 0 aromatic rings. The summed E-state index contributed by atoms with van der Waals surface area (Å²) in [5.74, 6) is -3.96. The topological polar surface area (TPSA) is 368 Å². The Morgan fingerprint density at radius 1 is 0.649 bits per heavy atom. The van der Waals surface area contributed by atoms with Crippen molar-refractivity contribution < 1.29 is 114 Å². The molecule has 23 nitrogen and oxygen atoms in total. The lowest BCUT2D eigenvalue weighted by Crippen LogP contribution is -2.68. The standard InChI is InChI=1S/C54H82O23/c1-22-32(58)25(57)17-31(70-22)72-30-19-49(2,3)18-24-23-9-10-28-51(5)13-12-29(52(6,21-56)27(51)11-14-54(28,8)53(23,7)16-15-50(24,30)4)73-47-42(37(63)35(61)40(74-47)44(66)67)77-48-43(38(64)36(62)41(75-48)45(68)69)76-46-39(65)34(60)33(59)26(20-55)71-46/h9,24,26-31,33-43,46-48,55-56,58-65H,10-21H2,1-8H3,(H,66,67)(H,68,69)/t24-,26+,27+,28+,29-,30+,31+,33+,34-,35-,36-,37-,38-,39+,40-,41-,42+,43+,46-,47+,48-,50+,51-,52-,53+,54+/m0/s1. The summed E-state index contributed by atoms with van der Waals surface area (Å²) in [6.07, 6.45) is -23.5. The van der Waals surface area contributed by atoms with E-state index >= 15 is 0 Å². The number of allylic oxidation sites excluding steroid dienone is 4. The van der Waals surface area contributed by atoms with E-state index in [1.165, 1.54) is 5.57 Å². The van der Waals surface area contributed by atoms with Crippen molar-refractivity contribution in [3.63, 3.8) is 0 Å². The molecule has 3 saturated heterocycles. The molecule has 77 heavy (non-hydrogen) atoms. The first-order chi connectivity index (χ1) is 35.9. The van der Waals surface area contributed by atoms with E-state index in [4.69, 9.17) is 37.9 Å². The lowest BCUT2D eigenvalue weighted by atomic mass is 9.33. The number of carbonyl (C=O) groups excluding carboxylic acids is 1. The number of rotatable bonds is 12. The maximum absolute atomic E-state index is 12.7. The van der Waals surface area contributed by atoms with Crippen molar-refractivity contribution in [2.24, 2.45) is 50.2 Å². The minimum absolute atomic E-state index is 0.0659. The van der Waals surface area contributed by atoms with Crippen LogP contribution in [0.3, 0.4) is 0 Å². The molecule has 4 saturated carbocycles. The fourth-order valence-electron chi connectivity index (χ4n) is 16.3. The van der Waals surface area contributed by atoms with Gasteiger partial charge in [0.1, 0.15) is 66.8 Å². The zero-order chi connectivity index (χ0) is 56.4. The molecular formula is C54H82O23. The van der Waals surface area contributed by atoms with Gasteiger partial charge >= 0.3 is 11.9 Å². The van der Waals surface area contributed by atoms with Crippen LogP contribution < -0.4 is 0 Å². The van der Waals surface area contributed by atoms with E-state index in [2.05, 4.69) is 47.6 Å². The first-order valence-corrected chi connectivity index (χ1v) is 27.2. The number of Topliss-reactive ketones (excluding diaryl/α,β-unsaturated/α-hetero) is 1. The van der Waals surface area contributed by atoms with Gasteiger partial charge in [0, 0.05) is 10.8 Å². The summed E-state index contributed by atoms with van der Waals surface area (Å²) in [6, 6.07) is 0. The Labute approximate surface area is 447 Å². The highest BCUT2D eigenvalue weighted by atomic mass is 16.8. The second-order valence-electron chi connectivity index (χ2n) is 25.8. The first kappa shape index (κ1) is 58.7. The fraction of sp³-hybridized carbons (Fsp3) is 0.870. The summed E-state index contributed by atoms with van der Waals surface area (Å²) in [7, 11) is 0. The molecule has 0 bridgehead atoms. The first-order valence-electron chi connectivity index (χ1n) is 27.2. The number of fused-ring (bicyclic) bond motifs is 7. The number of ketones is 1. The lowest BCUT2D eigenvalue weighted by Gasteiger charge is -2.72. The molecule has 23 heteroatoms. The van der Waals surface area contributed by atoms with Gasteiger partial charge in [0.2, 0.25) is 12.1 Å². The molecule has 0 radical (unpaired) electrons. The van der Waals surface area contributed by atoms with Crippen molar-refractivity contribution in [3.8, 4) is 0 Å². The molecule has 9 rings (SSSR count). The molecule has 0 aromatic carbocycles. The number of aliphatic carboxylic acids is 2. The molecule has 4 aliphatic heterocycles. The SMILES string of the molecule is CC1=C(O)C(=O)C[C@@H](O[C@@H]2CC(C)(C)C[C@H]3C4=CC[C@@H]5[C@@]6(C)CC[C@H](O[C@@H]7O[C@H](C(=O)O)[C@@H](O)[C@H](O)[C@H]7O[C@@H]7O[C@H](C(=O)O)[C@@H](O)[C@H](O)[C@H]7O[C@@H]7O[C@H](CO)[C@@H](O)[C@H](O)[C@H]7O)[C@@](C)(CO)[C@@H]6CC[C@@]5(C)[C@]4(C)CC[C@@]23C)O1. The number of carboxylic acids is 2. The van der Waals surface area contributed by atoms with Crippen LogP contribution in [0, 0.1) is 50.2 Å². The molecule has 9 aliphatic rings. The van der Waals surface area contributed by atoms with Gasteiger partial charge in [-0.15, -0.1) is 0 Å². The van der Waals surface area contributed by atoms with Crippen molar-refractivity contribution in [1.82, 2.24) is 0 Å². The van der Waals surface area contributed by atoms with Crippen LogP contribution in [0.1, 0.15) is 120 Å². The van der Waals surface area contributed by atoms with Gasteiger partial charge in [-0.05, 0) is 104 Å². The normalized spacial score (nSPS) is 51.7. The Balaban J connectivity index is 0.986. The summed E-state index contributed by atoms with van der Waals surface area (Å²) in [5, 5.41) is 129. The van der Waals surface area contributed by atoms with E-state index in [0.29, 0.717) is 19.3 Å². The minimum Gasteiger partial charge on any atom is -0.502 e. The monoisotopic (exact) mass is 1100 g/mol. The van der Waals surface area contributed by atoms with Gasteiger partial charge < -0.3 is 99.2 Å².